The molecule has 1 aromatic rings. The number of nitrogens with two attached hydrogens (primary N) is 1. The lowest BCUT2D eigenvalue weighted by Gasteiger charge is -2.26. The van der Waals surface area contributed by atoms with Crippen LogP contribution in [-0.4, -0.2) is 20.3 Å². The van der Waals surface area contributed by atoms with E-state index in [-0.39, 0.29) is 0 Å². The van der Waals surface area contributed by atoms with E-state index in [1.54, 1.807) is 13.2 Å². The van der Waals surface area contributed by atoms with E-state index in [0.29, 0.717) is 29.8 Å². The highest BCUT2D eigenvalue weighted by Crippen LogP contribution is 2.42. The number of hydrogen-bond donors (Lipinski definition) is 1. The minimum atomic E-state index is 0.321. The van der Waals surface area contributed by atoms with Gasteiger partial charge in [0.25, 0.3) is 0 Å². The van der Waals surface area contributed by atoms with Gasteiger partial charge in [-0.1, -0.05) is 11.6 Å². The van der Waals surface area contributed by atoms with Crippen molar-refractivity contribution >= 4 is 11.6 Å². The van der Waals surface area contributed by atoms with Crippen molar-refractivity contribution in [3.05, 3.63) is 22.7 Å². The maximum absolute atomic E-state index is 6.01. The summed E-state index contributed by atoms with van der Waals surface area (Å²) < 4.78 is 10.8. The van der Waals surface area contributed by atoms with Crippen molar-refractivity contribution in [1.29, 1.82) is 0 Å². The second kappa shape index (κ2) is 4.29. The van der Waals surface area contributed by atoms with Gasteiger partial charge >= 0.3 is 0 Å². The maximum atomic E-state index is 6.01. The molecule has 2 rings (SSSR count). The van der Waals surface area contributed by atoms with Gasteiger partial charge in [-0.05, 0) is 19.0 Å². The topological polar surface area (TPSA) is 44.5 Å². The predicted molar refractivity (Wildman–Crippen MR) is 59.9 cm³/mol. The van der Waals surface area contributed by atoms with Crippen molar-refractivity contribution < 1.29 is 9.47 Å². The molecule has 0 aromatic heterocycles. The molecule has 1 atom stereocenters. The number of rotatable bonds is 2. The monoisotopic (exact) mass is 227 g/mol. The Kier molecular flexibility index (Phi) is 3.03. The van der Waals surface area contributed by atoms with Gasteiger partial charge in [0.05, 0.1) is 13.7 Å². The van der Waals surface area contributed by atoms with E-state index in [2.05, 4.69) is 0 Å². The maximum Gasteiger partial charge on any atom is 0.164 e. The first-order chi connectivity index (χ1) is 7.26. The van der Waals surface area contributed by atoms with Crippen molar-refractivity contribution in [1.82, 2.24) is 0 Å². The normalized spacial score (nSPS) is 19.3. The Bertz CT molecular complexity index is 368. The van der Waals surface area contributed by atoms with Gasteiger partial charge in [-0.2, -0.15) is 0 Å². The van der Waals surface area contributed by atoms with Gasteiger partial charge < -0.3 is 15.2 Å². The molecule has 3 nitrogen and oxygen atoms in total. The molecule has 82 valence electrons. The Morgan fingerprint density at radius 1 is 1.60 bits per heavy atom. The van der Waals surface area contributed by atoms with E-state index in [4.69, 9.17) is 26.8 Å². The number of fused-ring (bicyclic) bond motifs is 1. The molecule has 2 N–H and O–H groups in total. The van der Waals surface area contributed by atoms with Crippen LogP contribution in [0.4, 0.5) is 0 Å². The minimum Gasteiger partial charge on any atom is -0.493 e. The number of methoxy groups -OCH3 is 1. The van der Waals surface area contributed by atoms with Crippen molar-refractivity contribution in [2.75, 3.05) is 20.3 Å². The molecular weight excluding hydrogens is 214 g/mol. The van der Waals surface area contributed by atoms with Gasteiger partial charge in [0.15, 0.2) is 11.5 Å². The summed E-state index contributed by atoms with van der Waals surface area (Å²) in [5.41, 5.74) is 6.78. The van der Waals surface area contributed by atoms with Crippen LogP contribution < -0.4 is 15.2 Å². The highest BCUT2D eigenvalue weighted by molar-refractivity contribution is 6.30. The first-order valence-electron chi connectivity index (χ1n) is 4.96. The summed E-state index contributed by atoms with van der Waals surface area (Å²) in [4.78, 5) is 0. The van der Waals surface area contributed by atoms with Gasteiger partial charge in [-0.15, -0.1) is 0 Å². The molecule has 0 amide bonds. The Hall–Kier alpha value is -0.930. The van der Waals surface area contributed by atoms with E-state index in [1.165, 1.54) is 0 Å². The third-order valence-electron chi connectivity index (χ3n) is 2.71. The third-order valence-corrected chi connectivity index (χ3v) is 2.92. The fraction of sp³-hybridized carbons (Fsp3) is 0.455. The van der Waals surface area contributed by atoms with E-state index in [1.807, 2.05) is 6.07 Å². The molecule has 0 aliphatic carbocycles. The lowest BCUT2D eigenvalue weighted by molar-refractivity contribution is 0.253. The van der Waals surface area contributed by atoms with Crippen molar-refractivity contribution in [3.63, 3.8) is 0 Å². The number of hydrogen-bond acceptors (Lipinski definition) is 3. The van der Waals surface area contributed by atoms with Crippen LogP contribution in [0.1, 0.15) is 17.9 Å². The molecule has 1 aromatic carbocycles. The van der Waals surface area contributed by atoms with Crippen LogP contribution >= 0.6 is 11.6 Å². The molecule has 0 saturated heterocycles. The Morgan fingerprint density at radius 3 is 3.07 bits per heavy atom. The highest BCUT2D eigenvalue weighted by Gasteiger charge is 2.24. The van der Waals surface area contributed by atoms with Crippen molar-refractivity contribution in [3.8, 4) is 11.5 Å². The summed E-state index contributed by atoms with van der Waals surface area (Å²) in [6, 6.07) is 3.68. The molecule has 1 unspecified atom stereocenters. The quantitative estimate of drug-likeness (QED) is 0.842. The third kappa shape index (κ3) is 1.90. The van der Waals surface area contributed by atoms with Gasteiger partial charge in [0, 0.05) is 22.6 Å². The summed E-state index contributed by atoms with van der Waals surface area (Å²) in [6.07, 6.45) is 0.937. The van der Waals surface area contributed by atoms with Crippen LogP contribution in [0.3, 0.4) is 0 Å². The summed E-state index contributed by atoms with van der Waals surface area (Å²) >= 11 is 6.01. The van der Waals surface area contributed by atoms with Crippen LogP contribution in [0.25, 0.3) is 0 Å². The molecule has 4 heteroatoms. The summed E-state index contributed by atoms with van der Waals surface area (Å²) in [7, 11) is 1.61. The van der Waals surface area contributed by atoms with Crippen LogP contribution in [0.2, 0.25) is 5.02 Å². The highest BCUT2D eigenvalue weighted by atomic mass is 35.5. The van der Waals surface area contributed by atoms with E-state index in [9.17, 15) is 0 Å². The molecular formula is C11H14ClNO2. The van der Waals surface area contributed by atoms with Gasteiger partial charge in [-0.3, -0.25) is 0 Å². The molecule has 0 spiro atoms. The van der Waals surface area contributed by atoms with Crippen LogP contribution in [-0.2, 0) is 0 Å². The lowest BCUT2D eigenvalue weighted by atomic mass is 9.93. The molecule has 1 heterocycles. The van der Waals surface area contributed by atoms with Gasteiger partial charge in [-0.25, -0.2) is 0 Å². The van der Waals surface area contributed by atoms with E-state index >= 15 is 0 Å². The van der Waals surface area contributed by atoms with Gasteiger partial charge in [0.1, 0.15) is 0 Å². The van der Waals surface area contributed by atoms with Crippen LogP contribution in [0.5, 0.6) is 11.5 Å². The first kappa shape index (κ1) is 10.6. The Morgan fingerprint density at radius 2 is 2.40 bits per heavy atom. The standard InChI is InChI=1S/C11H14ClNO2/c1-14-10-5-8(12)4-9-7(6-13)2-3-15-11(9)10/h4-5,7H,2-3,6,13H2,1H3. The zero-order chi connectivity index (χ0) is 10.8. The average molecular weight is 228 g/mol. The molecule has 1 aliphatic rings. The SMILES string of the molecule is COc1cc(Cl)cc2c1OCCC2CN. The molecule has 0 saturated carbocycles. The molecule has 1 aliphatic heterocycles. The molecule has 0 fully saturated rings. The lowest BCUT2D eigenvalue weighted by Crippen LogP contribution is -2.21. The molecule has 0 radical (unpaired) electrons. The number of benzene rings is 1. The summed E-state index contributed by atoms with van der Waals surface area (Å²) in [5, 5.41) is 0.662. The first-order valence-corrected chi connectivity index (χ1v) is 5.34. The zero-order valence-electron chi connectivity index (χ0n) is 8.63. The number of halogens is 1. The smallest absolute Gasteiger partial charge is 0.164 e. The zero-order valence-corrected chi connectivity index (χ0v) is 9.38. The molecule has 15 heavy (non-hydrogen) atoms. The van der Waals surface area contributed by atoms with E-state index in [0.717, 1.165) is 17.7 Å². The fourth-order valence-electron chi connectivity index (χ4n) is 1.90. The van der Waals surface area contributed by atoms with Crippen LogP contribution in [0.15, 0.2) is 12.1 Å². The van der Waals surface area contributed by atoms with Crippen molar-refractivity contribution in [2.45, 2.75) is 12.3 Å². The second-order valence-electron chi connectivity index (χ2n) is 3.60. The average Bonchev–Trinajstić information content (AvgIpc) is 2.27. The van der Waals surface area contributed by atoms with Crippen LogP contribution in [0, 0.1) is 0 Å². The molecule has 0 bridgehead atoms. The van der Waals surface area contributed by atoms with Crippen molar-refractivity contribution in [2.24, 2.45) is 5.73 Å². The Balaban J connectivity index is 2.51. The summed E-state index contributed by atoms with van der Waals surface area (Å²) in [5.74, 6) is 1.81. The van der Waals surface area contributed by atoms with E-state index < -0.39 is 0 Å². The largest absolute Gasteiger partial charge is 0.493 e. The number of ether oxygens (including phenoxy) is 2. The second-order valence-corrected chi connectivity index (χ2v) is 4.03. The van der Waals surface area contributed by atoms with Gasteiger partial charge in [0.2, 0.25) is 0 Å². The summed E-state index contributed by atoms with van der Waals surface area (Å²) in [6.45, 7) is 1.30. The minimum absolute atomic E-state index is 0.321. The fourth-order valence-corrected chi connectivity index (χ4v) is 2.12. The predicted octanol–water partition coefficient (Wildman–Crippen LogP) is 2.17. The Labute approximate surface area is 94.1 Å².